The SMILES string of the molecule is CCOC(=O)c1ccc(N2C(=O)CC(N(CCC3=CCCCC3)S(=O)(=O)c3ccc(F)cc3)C2=O)cc1. The van der Waals surface area contributed by atoms with E-state index in [1.165, 1.54) is 24.3 Å². The van der Waals surface area contributed by atoms with Crippen molar-refractivity contribution in [2.45, 2.75) is 56.4 Å². The van der Waals surface area contributed by atoms with Crippen molar-refractivity contribution in [3.8, 4) is 0 Å². The van der Waals surface area contributed by atoms with Crippen LogP contribution in [0.4, 0.5) is 10.1 Å². The Hall–Kier alpha value is -3.37. The molecule has 1 saturated heterocycles. The number of sulfonamides is 1. The average Bonchev–Trinajstić information content (AvgIpc) is 3.18. The summed E-state index contributed by atoms with van der Waals surface area (Å²) in [6, 6.07) is 8.98. The van der Waals surface area contributed by atoms with E-state index in [-0.39, 0.29) is 35.7 Å². The summed E-state index contributed by atoms with van der Waals surface area (Å²) in [6.07, 6.45) is 6.11. The first-order chi connectivity index (χ1) is 17.7. The maximum absolute atomic E-state index is 13.6. The Morgan fingerprint density at radius 1 is 1.08 bits per heavy atom. The molecule has 1 fully saturated rings. The van der Waals surface area contributed by atoms with E-state index in [9.17, 15) is 27.2 Å². The largest absolute Gasteiger partial charge is 0.462 e. The van der Waals surface area contributed by atoms with Gasteiger partial charge in [0.2, 0.25) is 15.9 Å². The van der Waals surface area contributed by atoms with Crippen molar-refractivity contribution >= 4 is 33.5 Å². The number of ether oxygens (including phenoxy) is 1. The van der Waals surface area contributed by atoms with Gasteiger partial charge in [-0.15, -0.1) is 0 Å². The van der Waals surface area contributed by atoms with Crippen LogP contribution in [0.1, 0.15) is 55.8 Å². The van der Waals surface area contributed by atoms with Crippen LogP contribution in [-0.2, 0) is 24.3 Å². The number of nitrogens with zero attached hydrogens (tertiary/aromatic N) is 2. The fraction of sp³-hybridized carbons (Fsp3) is 0.370. The molecule has 8 nitrogen and oxygen atoms in total. The molecule has 0 saturated carbocycles. The Labute approximate surface area is 215 Å². The molecular weight excluding hydrogens is 499 g/mol. The molecule has 2 amide bonds. The van der Waals surface area contributed by atoms with E-state index < -0.39 is 39.7 Å². The van der Waals surface area contributed by atoms with E-state index in [1.54, 1.807) is 6.92 Å². The van der Waals surface area contributed by atoms with Crippen molar-refractivity contribution in [1.29, 1.82) is 0 Å². The zero-order valence-corrected chi connectivity index (χ0v) is 21.4. The fourth-order valence-corrected chi connectivity index (χ4v) is 6.23. The molecule has 1 heterocycles. The van der Waals surface area contributed by atoms with Gasteiger partial charge in [-0.1, -0.05) is 11.6 Å². The molecule has 0 N–H and O–H groups in total. The van der Waals surface area contributed by atoms with Gasteiger partial charge < -0.3 is 4.74 Å². The summed E-state index contributed by atoms with van der Waals surface area (Å²) in [4.78, 5) is 39.2. The first-order valence-electron chi connectivity index (χ1n) is 12.3. The Kier molecular flexibility index (Phi) is 8.19. The van der Waals surface area contributed by atoms with Crippen molar-refractivity contribution in [1.82, 2.24) is 4.31 Å². The lowest BCUT2D eigenvalue weighted by atomic mass is 9.97. The Morgan fingerprint density at radius 3 is 2.41 bits per heavy atom. The molecule has 2 aromatic carbocycles. The van der Waals surface area contributed by atoms with E-state index in [0.29, 0.717) is 6.42 Å². The summed E-state index contributed by atoms with van der Waals surface area (Å²) >= 11 is 0. The Bertz CT molecular complexity index is 1310. The molecule has 10 heteroatoms. The summed E-state index contributed by atoms with van der Waals surface area (Å²) < 4.78 is 46.8. The van der Waals surface area contributed by atoms with Gasteiger partial charge in [0, 0.05) is 6.54 Å². The fourth-order valence-electron chi connectivity index (χ4n) is 4.64. The predicted molar refractivity (Wildman–Crippen MR) is 135 cm³/mol. The van der Waals surface area contributed by atoms with Crippen LogP contribution in [0.15, 0.2) is 65.1 Å². The van der Waals surface area contributed by atoms with Gasteiger partial charge in [-0.2, -0.15) is 4.31 Å². The van der Waals surface area contributed by atoms with Gasteiger partial charge >= 0.3 is 5.97 Å². The topological polar surface area (TPSA) is 101 Å². The summed E-state index contributed by atoms with van der Waals surface area (Å²) in [5, 5.41) is 0. The number of rotatable bonds is 9. The van der Waals surface area contributed by atoms with Crippen LogP contribution in [0.5, 0.6) is 0 Å². The number of esters is 1. The molecule has 37 heavy (non-hydrogen) atoms. The number of hydrogen-bond donors (Lipinski definition) is 0. The van der Waals surface area contributed by atoms with Crippen LogP contribution in [0.3, 0.4) is 0 Å². The zero-order chi connectivity index (χ0) is 26.6. The molecule has 1 aliphatic carbocycles. The second kappa shape index (κ2) is 11.4. The minimum atomic E-state index is -4.21. The predicted octanol–water partition coefficient (Wildman–Crippen LogP) is 4.22. The van der Waals surface area contributed by atoms with Gasteiger partial charge in [-0.25, -0.2) is 22.5 Å². The molecular formula is C27H29FN2O6S. The number of carbonyl (C=O) groups is 3. The Morgan fingerprint density at radius 2 is 1.78 bits per heavy atom. The number of benzene rings is 2. The number of carbonyl (C=O) groups excluding carboxylic acids is 3. The monoisotopic (exact) mass is 528 g/mol. The average molecular weight is 529 g/mol. The van der Waals surface area contributed by atoms with Gasteiger partial charge in [0.25, 0.3) is 5.91 Å². The summed E-state index contributed by atoms with van der Waals surface area (Å²) in [7, 11) is -4.21. The molecule has 1 aliphatic heterocycles. The van der Waals surface area contributed by atoms with Crippen molar-refractivity contribution in [3.05, 3.63) is 71.6 Å². The van der Waals surface area contributed by atoms with Gasteiger partial charge in [0.05, 0.1) is 29.2 Å². The number of allylic oxidation sites excluding steroid dienone is 1. The van der Waals surface area contributed by atoms with Crippen LogP contribution < -0.4 is 4.90 Å². The smallest absolute Gasteiger partial charge is 0.338 e. The number of halogens is 1. The van der Waals surface area contributed by atoms with Gasteiger partial charge in [-0.3, -0.25) is 9.59 Å². The van der Waals surface area contributed by atoms with Crippen LogP contribution in [-0.4, -0.2) is 49.7 Å². The Balaban J connectivity index is 1.63. The molecule has 2 aromatic rings. The van der Waals surface area contributed by atoms with E-state index in [4.69, 9.17) is 4.74 Å². The molecule has 1 unspecified atom stereocenters. The molecule has 196 valence electrons. The van der Waals surface area contributed by atoms with E-state index >= 15 is 0 Å². The number of imide groups is 1. The second-order valence-corrected chi connectivity index (χ2v) is 10.9. The summed E-state index contributed by atoms with van der Waals surface area (Å²) in [6.45, 7) is 1.91. The third-order valence-corrected chi connectivity index (χ3v) is 8.49. The zero-order valence-electron chi connectivity index (χ0n) is 20.6. The summed E-state index contributed by atoms with van der Waals surface area (Å²) in [5.41, 5.74) is 1.62. The first-order valence-corrected chi connectivity index (χ1v) is 13.8. The summed E-state index contributed by atoms with van der Waals surface area (Å²) in [5.74, 6) is -2.32. The van der Waals surface area contributed by atoms with Crippen LogP contribution >= 0.6 is 0 Å². The molecule has 0 radical (unpaired) electrons. The second-order valence-electron chi connectivity index (χ2n) is 8.98. The highest BCUT2D eigenvalue weighted by Crippen LogP contribution is 2.31. The molecule has 0 bridgehead atoms. The van der Waals surface area contributed by atoms with E-state index in [1.807, 2.05) is 0 Å². The molecule has 4 rings (SSSR count). The third-order valence-electron chi connectivity index (χ3n) is 6.57. The highest BCUT2D eigenvalue weighted by atomic mass is 32.2. The van der Waals surface area contributed by atoms with Crippen LogP contribution in [0.2, 0.25) is 0 Å². The standard InChI is InChI=1S/C27H29FN2O6S/c1-2-36-27(33)20-8-12-22(13-9-20)30-25(31)18-24(26(30)32)29(17-16-19-6-4-3-5-7-19)37(34,35)23-14-10-21(28)11-15-23/h6,8-15,24H,2-5,7,16-18H2,1H3. The van der Waals surface area contributed by atoms with Crippen molar-refractivity contribution in [2.75, 3.05) is 18.1 Å². The van der Waals surface area contributed by atoms with Crippen molar-refractivity contribution in [3.63, 3.8) is 0 Å². The quantitative estimate of drug-likeness (QED) is 0.275. The lowest BCUT2D eigenvalue weighted by molar-refractivity contribution is -0.122. The first kappa shape index (κ1) is 26.7. The van der Waals surface area contributed by atoms with Crippen molar-refractivity contribution in [2.24, 2.45) is 0 Å². The maximum Gasteiger partial charge on any atom is 0.338 e. The van der Waals surface area contributed by atoms with E-state index in [0.717, 1.165) is 64.7 Å². The van der Waals surface area contributed by atoms with Crippen molar-refractivity contribution < 1.29 is 31.9 Å². The minimum absolute atomic E-state index is 0.0187. The third kappa shape index (κ3) is 5.80. The minimum Gasteiger partial charge on any atom is -0.462 e. The highest BCUT2D eigenvalue weighted by Gasteiger charge is 2.46. The van der Waals surface area contributed by atoms with Crippen LogP contribution in [0.25, 0.3) is 0 Å². The molecule has 2 aliphatic rings. The molecule has 0 spiro atoms. The number of amides is 2. The number of hydrogen-bond acceptors (Lipinski definition) is 6. The van der Waals surface area contributed by atoms with Crippen LogP contribution in [0, 0.1) is 5.82 Å². The normalized spacial score (nSPS) is 18.3. The van der Waals surface area contributed by atoms with Gasteiger partial charge in [0.1, 0.15) is 11.9 Å². The van der Waals surface area contributed by atoms with E-state index in [2.05, 4.69) is 6.08 Å². The van der Waals surface area contributed by atoms with Gasteiger partial charge in [0.15, 0.2) is 0 Å². The van der Waals surface area contributed by atoms with Gasteiger partial charge in [-0.05, 0) is 87.6 Å². The molecule has 0 aromatic heterocycles. The lowest BCUT2D eigenvalue weighted by Crippen LogP contribution is -2.46. The lowest BCUT2D eigenvalue weighted by Gasteiger charge is -2.27. The number of anilines is 1. The maximum atomic E-state index is 13.6. The highest BCUT2D eigenvalue weighted by molar-refractivity contribution is 7.89. The molecule has 1 atom stereocenters.